The highest BCUT2D eigenvalue weighted by Crippen LogP contribution is 2.48. The Kier molecular flexibility index (Phi) is 3.24. The average molecular weight is 274 g/mol. The van der Waals surface area contributed by atoms with Crippen LogP contribution in [0.5, 0.6) is 0 Å². The molecule has 20 heavy (non-hydrogen) atoms. The van der Waals surface area contributed by atoms with Crippen LogP contribution in [0.1, 0.15) is 25.0 Å². The fourth-order valence-corrected chi connectivity index (χ4v) is 3.34. The van der Waals surface area contributed by atoms with Crippen molar-refractivity contribution in [2.24, 2.45) is 0 Å². The van der Waals surface area contributed by atoms with Crippen LogP contribution < -0.4 is 0 Å². The van der Waals surface area contributed by atoms with E-state index in [4.69, 9.17) is 14.2 Å². The Balaban J connectivity index is 1.78. The Bertz CT molecular complexity index is 539. The molecule has 2 bridgehead atoms. The first-order chi connectivity index (χ1) is 9.48. The summed E-state index contributed by atoms with van der Waals surface area (Å²) in [7, 11) is 1.72. The predicted molar refractivity (Wildman–Crippen MR) is 77.6 cm³/mol. The van der Waals surface area contributed by atoms with Crippen molar-refractivity contribution in [1.29, 1.82) is 0 Å². The highest BCUT2D eigenvalue weighted by Gasteiger charge is 2.61. The van der Waals surface area contributed by atoms with E-state index in [1.54, 1.807) is 7.11 Å². The molecule has 3 rings (SSSR count). The van der Waals surface area contributed by atoms with Gasteiger partial charge in [-0.3, -0.25) is 0 Å². The predicted octanol–water partition coefficient (Wildman–Crippen LogP) is 3.01. The third-order valence-electron chi connectivity index (χ3n) is 4.52. The van der Waals surface area contributed by atoms with Crippen LogP contribution in [0.25, 0.3) is 0 Å². The molecule has 1 aromatic rings. The van der Waals surface area contributed by atoms with Crippen molar-refractivity contribution in [2.75, 3.05) is 7.11 Å². The van der Waals surface area contributed by atoms with Crippen molar-refractivity contribution >= 4 is 0 Å². The second-order valence-electron chi connectivity index (χ2n) is 6.12. The number of hydrogen-bond acceptors (Lipinski definition) is 3. The molecule has 0 N–H and O–H groups in total. The molecule has 1 saturated heterocycles. The van der Waals surface area contributed by atoms with E-state index in [-0.39, 0.29) is 17.8 Å². The third-order valence-corrected chi connectivity index (χ3v) is 4.52. The zero-order valence-corrected chi connectivity index (χ0v) is 12.6. The van der Waals surface area contributed by atoms with Gasteiger partial charge < -0.3 is 14.2 Å². The summed E-state index contributed by atoms with van der Waals surface area (Å²) >= 11 is 0. The Labute approximate surface area is 120 Å². The second kappa shape index (κ2) is 4.69. The highest BCUT2D eigenvalue weighted by molar-refractivity contribution is 5.30. The van der Waals surface area contributed by atoms with Gasteiger partial charge in [0.05, 0.1) is 6.61 Å². The van der Waals surface area contributed by atoms with Gasteiger partial charge in [-0.25, -0.2) is 0 Å². The van der Waals surface area contributed by atoms with Crippen molar-refractivity contribution in [1.82, 2.24) is 0 Å². The van der Waals surface area contributed by atoms with E-state index in [0.29, 0.717) is 6.61 Å². The average Bonchev–Trinajstić information content (AvgIpc) is 2.84. The first-order valence-corrected chi connectivity index (χ1v) is 7.08. The van der Waals surface area contributed by atoms with Crippen molar-refractivity contribution in [3.63, 3.8) is 0 Å². The van der Waals surface area contributed by atoms with Crippen molar-refractivity contribution in [2.45, 2.75) is 50.8 Å². The molecule has 0 amide bonds. The zero-order valence-electron chi connectivity index (χ0n) is 12.6. The first kappa shape index (κ1) is 13.8. The zero-order chi connectivity index (χ0) is 14.4. The van der Waals surface area contributed by atoms with E-state index < -0.39 is 5.60 Å². The van der Waals surface area contributed by atoms with Gasteiger partial charge in [0.15, 0.2) is 0 Å². The number of rotatable bonds is 4. The fourth-order valence-electron chi connectivity index (χ4n) is 3.34. The van der Waals surface area contributed by atoms with Crippen molar-refractivity contribution in [3.8, 4) is 0 Å². The Morgan fingerprint density at radius 3 is 2.40 bits per heavy atom. The summed E-state index contributed by atoms with van der Waals surface area (Å²) in [5.74, 6) is 0. The van der Waals surface area contributed by atoms with Crippen molar-refractivity contribution < 1.29 is 14.2 Å². The monoisotopic (exact) mass is 274 g/mol. The molecule has 0 saturated carbocycles. The minimum absolute atomic E-state index is 0.0680. The molecule has 108 valence electrons. The Hall–Kier alpha value is -1.16. The maximum atomic E-state index is 6.17. The smallest absolute Gasteiger partial charge is 0.119 e. The molecule has 1 fully saturated rings. The maximum Gasteiger partial charge on any atom is 0.119 e. The highest BCUT2D eigenvalue weighted by atomic mass is 16.6. The van der Waals surface area contributed by atoms with Gasteiger partial charge in [-0.05, 0) is 31.9 Å². The summed E-state index contributed by atoms with van der Waals surface area (Å²) in [5, 5.41) is 0. The van der Waals surface area contributed by atoms with Gasteiger partial charge in [-0.2, -0.15) is 0 Å². The van der Waals surface area contributed by atoms with Gasteiger partial charge in [0, 0.05) is 7.11 Å². The Morgan fingerprint density at radius 1 is 1.10 bits per heavy atom. The van der Waals surface area contributed by atoms with Crippen LogP contribution >= 0.6 is 0 Å². The number of fused-ring (bicyclic) bond motifs is 2. The summed E-state index contributed by atoms with van der Waals surface area (Å²) < 4.78 is 17.9. The van der Waals surface area contributed by atoms with Crippen LogP contribution in [-0.2, 0) is 20.8 Å². The molecule has 2 unspecified atom stereocenters. The lowest BCUT2D eigenvalue weighted by molar-refractivity contribution is -0.0779. The number of benzene rings is 1. The van der Waals surface area contributed by atoms with Gasteiger partial charge >= 0.3 is 0 Å². The molecular weight excluding hydrogens is 252 g/mol. The molecule has 0 aromatic heterocycles. The topological polar surface area (TPSA) is 27.7 Å². The van der Waals surface area contributed by atoms with Gasteiger partial charge in [-0.15, -0.1) is 0 Å². The number of methoxy groups -OCH3 is 1. The van der Waals surface area contributed by atoms with Gasteiger partial charge in [-0.1, -0.05) is 36.4 Å². The molecule has 3 nitrogen and oxygen atoms in total. The van der Waals surface area contributed by atoms with Crippen molar-refractivity contribution in [3.05, 3.63) is 47.5 Å². The summed E-state index contributed by atoms with van der Waals surface area (Å²) in [6.45, 7) is 6.81. The minimum Gasteiger partial charge on any atom is -0.375 e. The van der Waals surface area contributed by atoms with Crippen LogP contribution in [0.4, 0.5) is 0 Å². The molecular formula is C17H22O3. The normalized spacial score (nSPS) is 38.6. The van der Waals surface area contributed by atoms with Gasteiger partial charge in [0.25, 0.3) is 0 Å². The number of ether oxygens (including phenoxy) is 3. The van der Waals surface area contributed by atoms with E-state index in [1.807, 2.05) is 12.1 Å². The Morgan fingerprint density at radius 2 is 1.75 bits per heavy atom. The van der Waals surface area contributed by atoms with E-state index in [9.17, 15) is 0 Å². The van der Waals surface area contributed by atoms with Crippen LogP contribution in [0.2, 0.25) is 0 Å². The van der Waals surface area contributed by atoms with E-state index >= 15 is 0 Å². The standard InChI is InChI=1S/C17H22O3/c1-12-7-5-6-8-13(12)11-19-15-14(18-4)16(2)9-10-17(15,3)20-16/h5-10,14-15H,11H2,1-4H3/t14?,15?,16-,17+/m1/s1. The molecule has 2 heterocycles. The molecule has 1 aromatic carbocycles. The summed E-state index contributed by atoms with van der Waals surface area (Å²) in [6, 6.07) is 8.29. The maximum absolute atomic E-state index is 6.17. The lowest BCUT2D eigenvalue weighted by Crippen LogP contribution is -2.46. The fraction of sp³-hybridized carbons (Fsp3) is 0.529. The quantitative estimate of drug-likeness (QED) is 0.790. The molecule has 2 aliphatic heterocycles. The van der Waals surface area contributed by atoms with E-state index in [0.717, 1.165) is 0 Å². The molecule has 2 aliphatic rings. The third kappa shape index (κ3) is 2.01. The molecule has 0 radical (unpaired) electrons. The second-order valence-corrected chi connectivity index (χ2v) is 6.12. The van der Waals surface area contributed by atoms with Crippen LogP contribution in [-0.4, -0.2) is 30.5 Å². The van der Waals surface area contributed by atoms with E-state index in [2.05, 4.69) is 45.1 Å². The number of hydrogen-bond donors (Lipinski definition) is 0. The van der Waals surface area contributed by atoms with Gasteiger partial charge in [0.1, 0.15) is 23.4 Å². The lowest BCUT2D eigenvalue weighted by atomic mass is 9.85. The van der Waals surface area contributed by atoms with E-state index in [1.165, 1.54) is 11.1 Å². The van der Waals surface area contributed by atoms with Gasteiger partial charge in [0.2, 0.25) is 0 Å². The lowest BCUT2D eigenvalue weighted by Gasteiger charge is -2.32. The molecule has 0 aliphatic carbocycles. The minimum atomic E-state index is -0.391. The largest absolute Gasteiger partial charge is 0.375 e. The summed E-state index contributed by atoms with van der Waals surface area (Å²) in [6.07, 6.45) is 4.04. The molecule has 0 spiro atoms. The summed E-state index contributed by atoms with van der Waals surface area (Å²) in [4.78, 5) is 0. The SMILES string of the molecule is COC1C(OCc2ccccc2C)[C@]2(C)C=C[C@@]1(C)O2. The molecule has 3 heteroatoms. The molecule has 4 atom stereocenters. The van der Waals surface area contributed by atoms with Crippen LogP contribution in [0, 0.1) is 6.92 Å². The van der Waals surface area contributed by atoms with Crippen LogP contribution in [0.15, 0.2) is 36.4 Å². The summed E-state index contributed by atoms with van der Waals surface area (Å²) in [5.41, 5.74) is 1.69. The van der Waals surface area contributed by atoms with Crippen LogP contribution in [0.3, 0.4) is 0 Å². The first-order valence-electron chi connectivity index (χ1n) is 7.08. The number of aryl methyl sites for hydroxylation is 1.